The predicted octanol–water partition coefficient (Wildman–Crippen LogP) is 6.23. The molecule has 0 bridgehead atoms. The lowest BCUT2D eigenvalue weighted by atomic mass is 9.86. The van der Waals surface area contributed by atoms with Gasteiger partial charge in [0.1, 0.15) is 5.52 Å². The maximum atomic E-state index is 7.12. The quantitative estimate of drug-likeness (QED) is 0.429. The molecule has 2 N–H and O–H groups in total. The van der Waals surface area contributed by atoms with Gasteiger partial charge in [-0.2, -0.15) is 5.10 Å². The molecule has 0 spiro atoms. The summed E-state index contributed by atoms with van der Waals surface area (Å²) in [5, 5.41) is 8.25. The molecule has 1 unspecified atom stereocenters. The first-order valence-corrected chi connectivity index (χ1v) is 11.1. The fraction of sp³-hybridized carbons (Fsp3) is 0.320. The summed E-state index contributed by atoms with van der Waals surface area (Å²) in [5.41, 5.74) is 15.0. The number of benzene rings is 2. The maximum absolute atomic E-state index is 7.12. The minimum Gasteiger partial charge on any atom is -0.316 e. The normalized spacial score (nSPS) is 13.7. The van der Waals surface area contributed by atoms with Crippen molar-refractivity contribution < 1.29 is 0 Å². The molecule has 29 heavy (non-hydrogen) atoms. The van der Waals surface area contributed by atoms with Gasteiger partial charge in [0.15, 0.2) is 0 Å². The minimum absolute atomic E-state index is 0.539. The summed E-state index contributed by atoms with van der Waals surface area (Å²) in [6.07, 6.45) is 1.89. The van der Waals surface area contributed by atoms with Crippen LogP contribution < -0.4 is 5.73 Å². The smallest absolute Gasteiger partial charge is 0.100 e. The number of hydrogen-bond acceptors (Lipinski definition) is 3. The Bertz CT molecular complexity index is 1150. The van der Waals surface area contributed by atoms with E-state index in [0.29, 0.717) is 0 Å². The van der Waals surface area contributed by atoms with E-state index in [1.165, 1.54) is 32.7 Å². The van der Waals surface area contributed by atoms with Gasteiger partial charge in [0.2, 0.25) is 0 Å². The Morgan fingerprint density at radius 3 is 2.41 bits per heavy atom. The predicted molar refractivity (Wildman–Crippen MR) is 125 cm³/mol. The summed E-state index contributed by atoms with van der Waals surface area (Å²) in [7, 11) is 2.03. The standard InChI is InChI=1S/C25H29N3S/c1-6-12-25(26,21-11-8-13-29-21)24-20-10-7-9-19(23(20)27-28(24)5)22-17(3)14-16(2)15-18(22)4/h7-11,13-15H,6,12,26H2,1-5H3. The van der Waals surface area contributed by atoms with E-state index in [0.717, 1.165) is 29.4 Å². The number of hydrogen-bond donors (Lipinski definition) is 1. The van der Waals surface area contributed by atoms with Crippen molar-refractivity contribution in [2.75, 3.05) is 0 Å². The maximum Gasteiger partial charge on any atom is 0.100 e. The zero-order valence-electron chi connectivity index (χ0n) is 17.9. The first kappa shape index (κ1) is 19.9. The summed E-state index contributed by atoms with van der Waals surface area (Å²) < 4.78 is 2.00. The highest BCUT2D eigenvalue weighted by Gasteiger charge is 2.35. The Kier molecular flexibility index (Phi) is 5.09. The highest BCUT2D eigenvalue weighted by atomic mass is 32.1. The van der Waals surface area contributed by atoms with Crippen molar-refractivity contribution in [1.29, 1.82) is 0 Å². The summed E-state index contributed by atoms with van der Waals surface area (Å²) in [6.45, 7) is 8.72. The van der Waals surface area contributed by atoms with Gasteiger partial charge < -0.3 is 5.73 Å². The molecule has 0 saturated heterocycles. The number of thiophene rings is 1. The first-order valence-electron chi connectivity index (χ1n) is 10.2. The molecular formula is C25H29N3S. The number of nitrogens with two attached hydrogens (primary N) is 1. The summed E-state index contributed by atoms with van der Waals surface area (Å²) >= 11 is 1.73. The van der Waals surface area contributed by atoms with Gasteiger partial charge in [-0.3, -0.25) is 4.68 Å². The number of nitrogens with zero attached hydrogens (tertiary/aromatic N) is 2. The van der Waals surface area contributed by atoms with Crippen LogP contribution in [-0.2, 0) is 12.6 Å². The second-order valence-corrected chi connectivity index (χ2v) is 9.09. The van der Waals surface area contributed by atoms with E-state index in [4.69, 9.17) is 10.8 Å². The van der Waals surface area contributed by atoms with Gasteiger partial charge in [0.25, 0.3) is 0 Å². The van der Waals surface area contributed by atoms with Crippen LogP contribution in [0.25, 0.3) is 22.0 Å². The zero-order chi connectivity index (χ0) is 20.8. The molecule has 0 radical (unpaired) electrons. The third-order valence-electron chi connectivity index (χ3n) is 5.84. The van der Waals surface area contributed by atoms with Crippen molar-refractivity contribution in [3.63, 3.8) is 0 Å². The molecule has 0 aliphatic carbocycles. The van der Waals surface area contributed by atoms with Crippen LogP contribution in [0.3, 0.4) is 0 Å². The third kappa shape index (κ3) is 3.21. The monoisotopic (exact) mass is 403 g/mol. The minimum atomic E-state index is -0.539. The molecule has 0 aliphatic heterocycles. The molecule has 0 fully saturated rings. The highest BCUT2D eigenvalue weighted by Crippen LogP contribution is 2.41. The van der Waals surface area contributed by atoms with Crippen LogP contribution in [0.4, 0.5) is 0 Å². The van der Waals surface area contributed by atoms with Crippen molar-refractivity contribution in [3.05, 3.63) is 75.1 Å². The van der Waals surface area contributed by atoms with E-state index < -0.39 is 5.54 Å². The topological polar surface area (TPSA) is 43.8 Å². The van der Waals surface area contributed by atoms with E-state index in [-0.39, 0.29) is 0 Å². The van der Waals surface area contributed by atoms with Crippen molar-refractivity contribution in [2.45, 2.75) is 46.1 Å². The van der Waals surface area contributed by atoms with Crippen LogP contribution in [-0.4, -0.2) is 9.78 Å². The van der Waals surface area contributed by atoms with E-state index in [1.54, 1.807) is 11.3 Å². The molecule has 2 aromatic carbocycles. The molecule has 3 nitrogen and oxygen atoms in total. The van der Waals surface area contributed by atoms with Crippen LogP contribution in [0.5, 0.6) is 0 Å². The zero-order valence-corrected chi connectivity index (χ0v) is 18.7. The third-order valence-corrected chi connectivity index (χ3v) is 6.89. The average Bonchev–Trinajstić information content (AvgIpc) is 3.29. The lowest BCUT2D eigenvalue weighted by Gasteiger charge is -2.29. The summed E-state index contributed by atoms with van der Waals surface area (Å²) in [6, 6.07) is 15.2. The van der Waals surface area contributed by atoms with E-state index in [1.807, 2.05) is 11.7 Å². The molecule has 0 aliphatic rings. The van der Waals surface area contributed by atoms with Gasteiger partial charge >= 0.3 is 0 Å². The molecule has 4 rings (SSSR count). The lowest BCUT2D eigenvalue weighted by molar-refractivity contribution is 0.458. The number of fused-ring (bicyclic) bond motifs is 1. The molecule has 2 heterocycles. The molecule has 4 heteroatoms. The van der Waals surface area contributed by atoms with Gasteiger partial charge in [-0.1, -0.05) is 55.3 Å². The van der Waals surface area contributed by atoms with Crippen LogP contribution >= 0.6 is 11.3 Å². The summed E-state index contributed by atoms with van der Waals surface area (Å²) in [5.74, 6) is 0. The molecule has 1 atom stereocenters. The van der Waals surface area contributed by atoms with Crippen LogP contribution in [0.2, 0.25) is 0 Å². The van der Waals surface area contributed by atoms with Crippen molar-refractivity contribution >= 4 is 22.2 Å². The van der Waals surface area contributed by atoms with E-state index in [2.05, 4.69) is 75.5 Å². The van der Waals surface area contributed by atoms with E-state index >= 15 is 0 Å². The Hall–Kier alpha value is -2.43. The van der Waals surface area contributed by atoms with E-state index in [9.17, 15) is 0 Å². The molecule has 4 aromatic rings. The van der Waals surface area contributed by atoms with Gasteiger partial charge in [0.05, 0.1) is 11.2 Å². The van der Waals surface area contributed by atoms with Crippen molar-refractivity contribution in [2.24, 2.45) is 12.8 Å². The fourth-order valence-electron chi connectivity index (χ4n) is 4.84. The summed E-state index contributed by atoms with van der Waals surface area (Å²) in [4.78, 5) is 1.19. The van der Waals surface area contributed by atoms with Gasteiger partial charge in [-0.15, -0.1) is 11.3 Å². The van der Waals surface area contributed by atoms with Crippen molar-refractivity contribution in [3.8, 4) is 11.1 Å². The molecule has 0 saturated carbocycles. The Labute approximate surface area is 177 Å². The SMILES string of the molecule is CCCC(N)(c1cccs1)c1c2cccc(-c3c(C)cc(C)cc3C)c2nn1C. The molecule has 2 aromatic heterocycles. The van der Waals surface area contributed by atoms with Gasteiger partial charge in [-0.25, -0.2) is 0 Å². The second kappa shape index (κ2) is 7.43. The van der Waals surface area contributed by atoms with Gasteiger partial charge in [-0.05, 0) is 55.3 Å². The fourth-order valence-corrected chi connectivity index (χ4v) is 5.71. The lowest BCUT2D eigenvalue weighted by Crippen LogP contribution is -2.39. The molecular weight excluding hydrogens is 374 g/mol. The Balaban J connectivity index is 2.01. The molecule has 150 valence electrons. The van der Waals surface area contributed by atoms with Crippen LogP contribution in [0, 0.1) is 20.8 Å². The Morgan fingerprint density at radius 2 is 1.79 bits per heavy atom. The first-order chi connectivity index (χ1) is 13.9. The van der Waals surface area contributed by atoms with Gasteiger partial charge in [0, 0.05) is 22.9 Å². The second-order valence-electron chi connectivity index (χ2n) is 8.15. The van der Waals surface area contributed by atoms with Crippen LogP contribution in [0.15, 0.2) is 47.8 Å². The molecule has 0 amide bonds. The largest absolute Gasteiger partial charge is 0.316 e. The number of aryl methyl sites for hydroxylation is 4. The highest BCUT2D eigenvalue weighted by molar-refractivity contribution is 7.10. The number of aromatic nitrogens is 2. The Morgan fingerprint density at radius 1 is 1.07 bits per heavy atom. The average molecular weight is 404 g/mol. The number of rotatable bonds is 5. The van der Waals surface area contributed by atoms with Crippen LogP contribution in [0.1, 0.15) is 47.0 Å². The van der Waals surface area contributed by atoms with Crippen molar-refractivity contribution in [1.82, 2.24) is 9.78 Å².